The van der Waals surface area contributed by atoms with E-state index in [4.69, 9.17) is 0 Å². The number of rotatable bonds is 10. The fourth-order valence-electron chi connectivity index (χ4n) is 4.65. The van der Waals surface area contributed by atoms with Gasteiger partial charge in [0, 0.05) is 18.4 Å². The second-order valence-corrected chi connectivity index (χ2v) is 13.7. The number of carbonyl (C=O) groups excluding carboxylic acids is 1. The van der Waals surface area contributed by atoms with Gasteiger partial charge in [0.05, 0.1) is 24.6 Å². The average molecular weight is 477 g/mol. The third-order valence-electron chi connectivity index (χ3n) is 5.03. The molecule has 0 radical (unpaired) electrons. The van der Waals surface area contributed by atoms with Crippen molar-refractivity contribution in [3.05, 3.63) is 71.3 Å². The van der Waals surface area contributed by atoms with E-state index in [1.54, 1.807) is 0 Å². The lowest BCUT2D eigenvalue weighted by Gasteiger charge is -2.32. The third kappa shape index (κ3) is 8.35. The average Bonchev–Trinajstić information content (AvgIpc) is 2.60. The summed E-state index contributed by atoms with van der Waals surface area (Å²) in [5.41, 5.74) is 2.95. The summed E-state index contributed by atoms with van der Waals surface area (Å²) in [6.45, 7) is 14.2. The Kier molecular flexibility index (Phi) is 10.8. The molecule has 0 aliphatic carbocycles. The van der Waals surface area contributed by atoms with Gasteiger partial charge in [-0.3, -0.25) is 4.79 Å². The Hall–Kier alpha value is -0.980. The zero-order valence-electron chi connectivity index (χ0n) is 19.0. The molecule has 0 bridgehead atoms. The molecule has 0 fully saturated rings. The van der Waals surface area contributed by atoms with E-state index in [2.05, 4.69) is 53.7 Å². The normalized spacial score (nSPS) is 11.8. The summed E-state index contributed by atoms with van der Waals surface area (Å²) in [5.74, 6) is 2.33. The summed E-state index contributed by atoms with van der Waals surface area (Å²) in [6, 6.07) is 18.0. The maximum Gasteiger partial charge on any atom is 0.193 e. The molecule has 29 heavy (non-hydrogen) atoms. The van der Waals surface area contributed by atoms with Crippen molar-refractivity contribution in [1.29, 1.82) is 0 Å². The Balaban J connectivity index is 0.00000420. The van der Waals surface area contributed by atoms with Crippen LogP contribution in [-0.4, -0.2) is 24.3 Å². The highest BCUT2D eigenvalue weighted by Gasteiger charge is 2.39. The van der Waals surface area contributed by atoms with Gasteiger partial charge in [-0.15, -0.1) is 0 Å². The standard InChI is InChI=1S/C26H38OP.BrH/c1-20(2)16-28(17-21(3)4,18-22(5)6)19-23-12-14-25(15-13-23)26(27)24-10-8-7-9-11-24;/h7-15,20-22H,16-19H2,1-6H3;1H/q+1;/p-1. The third-order valence-corrected chi connectivity index (χ3v) is 10.6. The topological polar surface area (TPSA) is 17.1 Å². The first-order chi connectivity index (χ1) is 13.2. The summed E-state index contributed by atoms with van der Waals surface area (Å²) in [7, 11) is -1.07. The van der Waals surface area contributed by atoms with Crippen LogP contribution in [-0.2, 0) is 6.16 Å². The first-order valence-corrected chi connectivity index (χ1v) is 13.3. The lowest BCUT2D eigenvalue weighted by atomic mass is 10.0. The Morgan fingerprint density at radius 2 is 1.10 bits per heavy atom. The minimum absolute atomic E-state index is 0. The highest BCUT2D eigenvalue weighted by Crippen LogP contribution is 2.64. The van der Waals surface area contributed by atoms with Crippen LogP contribution in [0, 0.1) is 17.8 Å². The molecule has 2 rings (SSSR count). The molecule has 160 valence electrons. The lowest BCUT2D eigenvalue weighted by molar-refractivity contribution is -0.0000138. The Bertz CT molecular complexity index is 709. The van der Waals surface area contributed by atoms with Gasteiger partial charge in [-0.1, -0.05) is 96.1 Å². The summed E-state index contributed by atoms with van der Waals surface area (Å²) >= 11 is 0. The van der Waals surface area contributed by atoms with Gasteiger partial charge in [0.15, 0.2) is 5.78 Å². The number of ketones is 1. The fourth-order valence-corrected chi connectivity index (χ4v) is 11.1. The van der Waals surface area contributed by atoms with Crippen LogP contribution < -0.4 is 17.0 Å². The van der Waals surface area contributed by atoms with E-state index in [-0.39, 0.29) is 22.8 Å². The van der Waals surface area contributed by atoms with Crippen molar-refractivity contribution in [3.8, 4) is 0 Å². The van der Waals surface area contributed by atoms with Gasteiger partial charge in [0.25, 0.3) is 0 Å². The van der Waals surface area contributed by atoms with Crippen LogP contribution >= 0.6 is 7.26 Å². The summed E-state index contributed by atoms with van der Waals surface area (Å²) < 4.78 is 0. The molecule has 0 saturated heterocycles. The molecule has 0 spiro atoms. The van der Waals surface area contributed by atoms with E-state index in [1.807, 2.05) is 42.5 Å². The van der Waals surface area contributed by atoms with Crippen molar-refractivity contribution in [2.24, 2.45) is 17.8 Å². The van der Waals surface area contributed by atoms with E-state index in [0.29, 0.717) is 0 Å². The highest BCUT2D eigenvalue weighted by atomic mass is 79.9. The molecule has 0 aliphatic heterocycles. The molecule has 0 saturated carbocycles. The first kappa shape index (κ1) is 26.1. The van der Waals surface area contributed by atoms with Crippen LogP contribution in [0.4, 0.5) is 0 Å². The van der Waals surface area contributed by atoms with Gasteiger partial charge in [-0.05, 0) is 23.3 Å². The van der Waals surface area contributed by atoms with Gasteiger partial charge in [-0.25, -0.2) is 0 Å². The molecular weight excluding hydrogens is 439 g/mol. The number of hydrogen-bond donors (Lipinski definition) is 0. The molecule has 2 aromatic rings. The highest BCUT2D eigenvalue weighted by molar-refractivity contribution is 7.75. The van der Waals surface area contributed by atoms with Crippen molar-refractivity contribution in [1.82, 2.24) is 0 Å². The summed E-state index contributed by atoms with van der Waals surface area (Å²) in [5, 5.41) is 0. The van der Waals surface area contributed by atoms with Gasteiger partial charge >= 0.3 is 0 Å². The molecule has 2 aromatic carbocycles. The molecule has 0 heterocycles. The monoisotopic (exact) mass is 476 g/mol. The van der Waals surface area contributed by atoms with Crippen LogP contribution in [0.5, 0.6) is 0 Å². The summed E-state index contributed by atoms with van der Waals surface area (Å²) in [6.07, 6.45) is 5.32. The SMILES string of the molecule is CC(C)C[P+](Cc1ccc(C(=O)c2ccccc2)cc1)(CC(C)C)CC(C)C.[Br-]. The second kappa shape index (κ2) is 12.0. The fraction of sp³-hybridized carbons (Fsp3) is 0.500. The second-order valence-electron chi connectivity index (χ2n) is 9.62. The molecule has 0 unspecified atom stereocenters. The number of hydrogen-bond acceptors (Lipinski definition) is 1. The number of benzene rings is 2. The smallest absolute Gasteiger partial charge is 0.193 e. The first-order valence-electron chi connectivity index (χ1n) is 10.7. The van der Waals surface area contributed by atoms with Crippen molar-refractivity contribution >= 4 is 13.0 Å². The lowest BCUT2D eigenvalue weighted by Crippen LogP contribution is -3.00. The molecule has 0 N–H and O–H groups in total. The van der Waals surface area contributed by atoms with E-state index in [9.17, 15) is 4.79 Å². The van der Waals surface area contributed by atoms with Crippen molar-refractivity contribution < 1.29 is 21.8 Å². The van der Waals surface area contributed by atoms with E-state index >= 15 is 0 Å². The largest absolute Gasteiger partial charge is 1.00 e. The van der Waals surface area contributed by atoms with Gasteiger partial charge < -0.3 is 17.0 Å². The van der Waals surface area contributed by atoms with Gasteiger partial charge in [0.1, 0.15) is 0 Å². The zero-order valence-corrected chi connectivity index (χ0v) is 21.5. The maximum absolute atomic E-state index is 12.7. The van der Waals surface area contributed by atoms with Gasteiger partial charge in [0.2, 0.25) is 0 Å². The van der Waals surface area contributed by atoms with E-state index < -0.39 is 7.26 Å². The van der Waals surface area contributed by atoms with Crippen LogP contribution in [0.15, 0.2) is 54.6 Å². The molecular formula is C26H38BrOP. The van der Waals surface area contributed by atoms with Crippen LogP contribution in [0.2, 0.25) is 0 Å². The van der Waals surface area contributed by atoms with Crippen LogP contribution in [0.3, 0.4) is 0 Å². The van der Waals surface area contributed by atoms with E-state index in [0.717, 1.165) is 28.9 Å². The molecule has 0 aromatic heterocycles. The Labute approximate surface area is 189 Å². The molecule has 0 aliphatic rings. The molecule has 1 nitrogen and oxygen atoms in total. The van der Waals surface area contributed by atoms with Crippen molar-refractivity contribution in [2.45, 2.75) is 47.7 Å². The number of carbonyl (C=O) groups is 1. The van der Waals surface area contributed by atoms with Crippen molar-refractivity contribution in [3.63, 3.8) is 0 Å². The Morgan fingerprint density at radius 3 is 1.52 bits per heavy atom. The minimum atomic E-state index is -1.07. The Morgan fingerprint density at radius 1 is 0.690 bits per heavy atom. The predicted octanol–water partition coefficient (Wildman–Crippen LogP) is 4.41. The quantitative estimate of drug-likeness (QED) is 0.366. The predicted molar refractivity (Wildman–Crippen MR) is 126 cm³/mol. The maximum atomic E-state index is 12.7. The van der Waals surface area contributed by atoms with Gasteiger partial charge in [-0.2, -0.15) is 0 Å². The van der Waals surface area contributed by atoms with Crippen LogP contribution in [0.1, 0.15) is 63.0 Å². The van der Waals surface area contributed by atoms with Crippen molar-refractivity contribution in [2.75, 3.05) is 18.5 Å². The zero-order chi connectivity index (χ0) is 20.7. The minimum Gasteiger partial charge on any atom is -1.00 e. The number of halogens is 1. The molecule has 3 heteroatoms. The summed E-state index contributed by atoms with van der Waals surface area (Å²) in [4.78, 5) is 12.7. The van der Waals surface area contributed by atoms with E-state index in [1.165, 1.54) is 30.2 Å². The molecule has 0 amide bonds. The van der Waals surface area contributed by atoms with Crippen LogP contribution in [0.25, 0.3) is 0 Å². The molecule has 0 atom stereocenters.